The average Bonchev–Trinajstić information content (AvgIpc) is 2.90. The minimum atomic E-state index is -0.332. The first kappa shape index (κ1) is 18.1. The number of aromatic nitrogens is 1. The Hall–Kier alpha value is -2.21. The number of nitrogens with zero attached hydrogens (tertiary/aromatic N) is 1. The first-order chi connectivity index (χ1) is 11.2. The molecule has 1 heterocycles. The highest BCUT2D eigenvalue weighted by Gasteiger charge is 2.29. The number of anilines is 1. The normalized spacial score (nSPS) is 11.3. The van der Waals surface area contributed by atoms with E-state index in [-0.39, 0.29) is 11.3 Å². The van der Waals surface area contributed by atoms with Crippen molar-refractivity contribution in [3.63, 3.8) is 0 Å². The van der Waals surface area contributed by atoms with Crippen LogP contribution in [-0.4, -0.2) is 25.3 Å². The number of nitrogens with one attached hydrogen (secondary N) is 1. The lowest BCUT2D eigenvalue weighted by molar-refractivity contribution is 0.102. The van der Waals surface area contributed by atoms with E-state index in [2.05, 4.69) is 10.5 Å². The molecule has 0 aliphatic carbocycles. The highest BCUT2D eigenvalue weighted by atomic mass is 35.5. The van der Waals surface area contributed by atoms with E-state index in [4.69, 9.17) is 25.6 Å². The summed E-state index contributed by atoms with van der Waals surface area (Å²) in [4.78, 5) is 12.8. The van der Waals surface area contributed by atoms with Crippen LogP contribution >= 0.6 is 11.6 Å². The molecule has 0 saturated heterocycles. The van der Waals surface area contributed by atoms with Gasteiger partial charge in [0, 0.05) is 17.5 Å². The van der Waals surface area contributed by atoms with Crippen molar-refractivity contribution < 1.29 is 18.8 Å². The molecular weight excluding hydrogens is 332 g/mol. The third kappa shape index (κ3) is 3.48. The molecule has 2 aromatic rings. The Morgan fingerprint density at radius 3 is 2.38 bits per heavy atom. The van der Waals surface area contributed by atoms with Crippen LogP contribution in [-0.2, 0) is 5.41 Å². The van der Waals surface area contributed by atoms with Crippen LogP contribution in [0.3, 0.4) is 0 Å². The smallest absolute Gasteiger partial charge is 0.261 e. The van der Waals surface area contributed by atoms with Gasteiger partial charge in [0.2, 0.25) is 0 Å². The van der Waals surface area contributed by atoms with Gasteiger partial charge in [-0.05, 0) is 6.92 Å². The molecule has 0 aliphatic heterocycles. The summed E-state index contributed by atoms with van der Waals surface area (Å²) in [5.41, 5.74) is 1.13. The van der Waals surface area contributed by atoms with Gasteiger partial charge in [-0.1, -0.05) is 37.5 Å². The number of hydrogen-bond acceptors (Lipinski definition) is 5. The van der Waals surface area contributed by atoms with Gasteiger partial charge in [0.25, 0.3) is 5.91 Å². The monoisotopic (exact) mass is 352 g/mol. The second-order valence-corrected chi connectivity index (χ2v) is 6.76. The highest BCUT2D eigenvalue weighted by Crippen LogP contribution is 2.36. The molecule has 0 unspecified atom stereocenters. The van der Waals surface area contributed by atoms with Crippen LogP contribution in [0.25, 0.3) is 0 Å². The molecule has 1 amide bonds. The molecule has 1 aromatic heterocycles. The van der Waals surface area contributed by atoms with E-state index in [1.165, 1.54) is 14.2 Å². The maximum Gasteiger partial charge on any atom is 0.261 e. The Morgan fingerprint density at radius 1 is 1.21 bits per heavy atom. The van der Waals surface area contributed by atoms with Crippen LogP contribution in [0.1, 0.15) is 42.6 Å². The molecule has 0 aliphatic rings. The van der Waals surface area contributed by atoms with Gasteiger partial charge in [-0.15, -0.1) is 0 Å². The lowest BCUT2D eigenvalue weighted by Gasteiger charge is -2.17. The van der Waals surface area contributed by atoms with Crippen LogP contribution in [0.15, 0.2) is 16.7 Å². The Morgan fingerprint density at radius 2 is 1.83 bits per heavy atom. The number of aryl methyl sites for hydroxylation is 1. The summed E-state index contributed by atoms with van der Waals surface area (Å²) < 4.78 is 15.7. The third-order valence-electron chi connectivity index (χ3n) is 3.52. The molecule has 0 bridgehead atoms. The van der Waals surface area contributed by atoms with Crippen molar-refractivity contribution in [2.75, 3.05) is 19.5 Å². The number of carbonyl (C=O) groups is 1. The fraction of sp³-hybridized carbons (Fsp3) is 0.412. The van der Waals surface area contributed by atoms with E-state index < -0.39 is 0 Å². The van der Waals surface area contributed by atoms with Gasteiger partial charge in [0.1, 0.15) is 28.5 Å². The molecule has 0 spiro atoms. The first-order valence-electron chi connectivity index (χ1n) is 7.38. The zero-order chi connectivity index (χ0) is 18.1. The molecule has 1 N–H and O–H groups in total. The minimum Gasteiger partial charge on any atom is -0.495 e. The molecule has 2 rings (SSSR count). The average molecular weight is 353 g/mol. The van der Waals surface area contributed by atoms with Crippen LogP contribution in [0, 0.1) is 6.92 Å². The number of halogens is 1. The SMILES string of the molecule is COc1cc(NC(=O)c2c(C(C)(C)C)noc2C)c(OC)cc1Cl. The van der Waals surface area contributed by atoms with Crippen molar-refractivity contribution >= 4 is 23.2 Å². The van der Waals surface area contributed by atoms with E-state index in [0.29, 0.717) is 39.2 Å². The maximum atomic E-state index is 12.8. The molecule has 130 valence electrons. The van der Waals surface area contributed by atoms with E-state index in [9.17, 15) is 4.79 Å². The topological polar surface area (TPSA) is 73.6 Å². The predicted octanol–water partition coefficient (Wildman–Crippen LogP) is 4.20. The van der Waals surface area contributed by atoms with Crippen molar-refractivity contribution in [2.45, 2.75) is 33.1 Å². The van der Waals surface area contributed by atoms with Crippen LogP contribution in [0.2, 0.25) is 5.02 Å². The zero-order valence-electron chi connectivity index (χ0n) is 14.6. The zero-order valence-corrected chi connectivity index (χ0v) is 15.4. The van der Waals surface area contributed by atoms with Gasteiger partial charge < -0.3 is 19.3 Å². The number of benzene rings is 1. The molecule has 1 aromatic carbocycles. The van der Waals surface area contributed by atoms with E-state index in [1.54, 1.807) is 19.1 Å². The predicted molar refractivity (Wildman–Crippen MR) is 92.4 cm³/mol. The Bertz CT molecular complexity index is 763. The second kappa shape index (κ2) is 6.73. The summed E-state index contributed by atoms with van der Waals surface area (Å²) in [6.07, 6.45) is 0. The highest BCUT2D eigenvalue weighted by molar-refractivity contribution is 6.32. The van der Waals surface area contributed by atoms with Crippen molar-refractivity contribution in [2.24, 2.45) is 0 Å². The molecule has 24 heavy (non-hydrogen) atoms. The van der Waals surface area contributed by atoms with Gasteiger partial charge in [0.05, 0.1) is 24.9 Å². The van der Waals surface area contributed by atoms with Crippen molar-refractivity contribution in [3.8, 4) is 11.5 Å². The number of ether oxygens (including phenoxy) is 2. The quantitative estimate of drug-likeness (QED) is 0.892. The molecule has 7 heteroatoms. The molecular formula is C17H21ClN2O4. The fourth-order valence-electron chi connectivity index (χ4n) is 2.29. The number of carbonyl (C=O) groups excluding carboxylic acids is 1. The summed E-state index contributed by atoms with van der Waals surface area (Å²) in [7, 11) is 3.00. The fourth-order valence-corrected chi connectivity index (χ4v) is 2.53. The van der Waals surface area contributed by atoms with Crippen molar-refractivity contribution in [1.29, 1.82) is 0 Å². The molecule has 0 fully saturated rings. The van der Waals surface area contributed by atoms with Crippen LogP contribution in [0.5, 0.6) is 11.5 Å². The first-order valence-corrected chi connectivity index (χ1v) is 7.76. The van der Waals surface area contributed by atoms with E-state index in [1.807, 2.05) is 20.8 Å². The lowest BCUT2D eigenvalue weighted by Crippen LogP contribution is -2.21. The largest absolute Gasteiger partial charge is 0.495 e. The van der Waals surface area contributed by atoms with E-state index >= 15 is 0 Å². The maximum absolute atomic E-state index is 12.8. The standard InChI is InChI=1S/C17H21ClN2O4/c1-9-14(15(20-24-9)17(2,3)4)16(21)19-11-8-12(22-5)10(18)7-13(11)23-6/h7-8H,1-6H3,(H,19,21). The molecule has 0 saturated carbocycles. The van der Waals surface area contributed by atoms with Crippen LogP contribution < -0.4 is 14.8 Å². The number of rotatable bonds is 4. The summed E-state index contributed by atoms with van der Waals surface area (Å²) >= 11 is 6.08. The Balaban J connectivity index is 2.43. The summed E-state index contributed by atoms with van der Waals surface area (Å²) in [6, 6.07) is 3.19. The summed E-state index contributed by atoms with van der Waals surface area (Å²) in [5, 5.41) is 7.24. The Kier molecular flexibility index (Phi) is 5.08. The van der Waals surface area contributed by atoms with Crippen molar-refractivity contribution in [1.82, 2.24) is 5.16 Å². The third-order valence-corrected chi connectivity index (χ3v) is 3.82. The van der Waals surface area contributed by atoms with E-state index in [0.717, 1.165) is 0 Å². The summed E-state index contributed by atoms with van der Waals surface area (Å²) in [5.74, 6) is 0.991. The number of hydrogen-bond donors (Lipinski definition) is 1. The second-order valence-electron chi connectivity index (χ2n) is 6.35. The van der Waals surface area contributed by atoms with Gasteiger partial charge in [-0.3, -0.25) is 4.79 Å². The molecule has 6 nitrogen and oxygen atoms in total. The van der Waals surface area contributed by atoms with Gasteiger partial charge in [-0.25, -0.2) is 0 Å². The number of methoxy groups -OCH3 is 2. The molecule has 0 atom stereocenters. The number of amides is 1. The summed E-state index contributed by atoms with van der Waals surface area (Å²) in [6.45, 7) is 7.60. The van der Waals surface area contributed by atoms with Gasteiger partial charge >= 0.3 is 0 Å². The molecule has 0 radical (unpaired) electrons. The Labute approximate surface area is 146 Å². The lowest BCUT2D eigenvalue weighted by atomic mass is 9.88. The van der Waals surface area contributed by atoms with Gasteiger partial charge in [0.15, 0.2) is 0 Å². The van der Waals surface area contributed by atoms with Gasteiger partial charge in [-0.2, -0.15) is 0 Å². The van der Waals surface area contributed by atoms with Crippen molar-refractivity contribution in [3.05, 3.63) is 34.2 Å². The minimum absolute atomic E-state index is 0.327. The van der Waals surface area contributed by atoms with Crippen LogP contribution in [0.4, 0.5) is 5.69 Å².